The van der Waals surface area contributed by atoms with Crippen LogP contribution in [0.4, 0.5) is 5.69 Å². The van der Waals surface area contributed by atoms with Crippen molar-refractivity contribution in [2.24, 2.45) is 5.92 Å². The number of aromatic nitrogens is 1. The second-order valence-corrected chi connectivity index (χ2v) is 8.86. The molecule has 1 aromatic heterocycles. The Morgan fingerprint density at radius 2 is 1.86 bits per heavy atom. The van der Waals surface area contributed by atoms with Gasteiger partial charge in [0.15, 0.2) is 14.9 Å². The Hall–Kier alpha value is -1.63. The van der Waals surface area contributed by atoms with Gasteiger partial charge in [0.1, 0.15) is 6.04 Å². The van der Waals surface area contributed by atoms with Crippen molar-refractivity contribution in [2.45, 2.75) is 50.4 Å². The minimum Gasteiger partial charge on any atom is -0.480 e. The quantitative estimate of drug-likeness (QED) is 0.864. The smallest absolute Gasteiger partial charge is 0.326 e. The SMILES string of the molecule is CC(C)[C@H](Nc1ccc(S(=O)(=O)C(C)(C)C)nc1)C(=O)O. The first-order chi connectivity index (χ1) is 9.46. The zero-order valence-electron chi connectivity index (χ0n) is 12.9. The van der Waals surface area contributed by atoms with Gasteiger partial charge in [-0.1, -0.05) is 13.8 Å². The van der Waals surface area contributed by atoms with E-state index in [0.29, 0.717) is 5.69 Å². The van der Waals surface area contributed by atoms with Crippen molar-refractivity contribution in [3.05, 3.63) is 18.3 Å². The monoisotopic (exact) mass is 314 g/mol. The first-order valence-electron chi connectivity index (χ1n) is 6.67. The molecule has 1 atom stereocenters. The molecule has 1 rings (SSSR count). The molecule has 0 unspecified atom stereocenters. The molecule has 0 aliphatic heterocycles. The first kappa shape index (κ1) is 17.4. The molecule has 7 heteroatoms. The summed E-state index contributed by atoms with van der Waals surface area (Å²) in [6.07, 6.45) is 1.34. The van der Waals surface area contributed by atoms with E-state index in [1.54, 1.807) is 34.6 Å². The number of anilines is 1. The first-order valence-corrected chi connectivity index (χ1v) is 8.15. The van der Waals surface area contributed by atoms with E-state index >= 15 is 0 Å². The highest BCUT2D eigenvalue weighted by molar-refractivity contribution is 7.92. The molecular weight excluding hydrogens is 292 g/mol. The Balaban J connectivity index is 3.02. The Morgan fingerprint density at radius 3 is 2.19 bits per heavy atom. The van der Waals surface area contributed by atoms with Crippen molar-refractivity contribution in [1.29, 1.82) is 0 Å². The maximum Gasteiger partial charge on any atom is 0.326 e. The molecule has 0 radical (unpaired) electrons. The predicted octanol–water partition coefficient (Wildman–Crippen LogP) is 2.17. The summed E-state index contributed by atoms with van der Waals surface area (Å²) in [6.45, 7) is 8.40. The fourth-order valence-corrected chi connectivity index (χ4v) is 2.70. The van der Waals surface area contributed by atoms with E-state index in [0.717, 1.165) is 0 Å². The number of carboxylic acids is 1. The molecule has 0 aliphatic carbocycles. The Bertz CT molecular complexity index is 601. The second kappa shape index (κ2) is 6.01. The van der Waals surface area contributed by atoms with Crippen LogP contribution >= 0.6 is 0 Å². The van der Waals surface area contributed by atoms with Crippen LogP contribution in [0, 0.1) is 5.92 Å². The van der Waals surface area contributed by atoms with E-state index in [1.807, 2.05) is 0 Å². The summed E-state index contributed by atoms with van der Waals surface area (Å²) in [5.41, 5.74) is 0.476. The third-order valence-corrected chi connectivity index (χ3v) is 5.48. The molecule has 0 saturated carbocycles. The number of nitrogens with zero attached hydrogens (tertiary/aromatic N) is 1. The van der Waals surface area contributed by atoms with Crippen LogP contribution < -0.4 is 5.32 Å². The molecule has 0 aromatic carbocycles. The van der Waals surface area contributed by atoms with Crippen LogP contribution in [0.15, 0.2) is 23.4 Å². The fourth-order valence-electron chi connectivity index (χ4n) is 1.63. The van der Waals surface area contributed by atoms with Gasteiger partial charge in [-0.25, -0.2) is 18.2 Å². The van der Waals surface area contributed by atoms with Gasteiger partial charge in [-0.05, 0) is 38.8 Å². The minimum absolute atomic E-state index is 0.0167. The number of nitrogens with one attached hydrogen (secondary N) is 1. The van der Waals surface area contributed by atoms with Crippen LogP contribution in [0.2, 0.25) is 0 Å². The van der Waals surface area contributed by atoms with Gasteiger partial charge < -0.3 is 10.4 Å². The Morgan fingerprint density at radius 1 is 1.29 bits per heavy atom. The lowest BCUT2D eigenvalue weighted by Crippen LogP contribution is -2.34. The van der Waals surface area contributed by atoms with Gasteiger partial charge >= 0.3 is 5.97 Å². The molecule has 0 bridgehead atoms. The van der Waals surface area contributed by atoms with Gasteiger partial charge in [0.2, 0.25) is 0 Å². The number of hydrogen-bond donors (Lipinski definition) is 2. The fraction of sp³-hybridized carbons (Fsp3) is 0.571. The number of sulfone groups is 1. The summed E-state index contributed by atoms with van der Waals surface area (Å²) in [7, 11) is -3.51. The molecule has 118 valence electrons. The molecule has 1 aromatic rings. The summed E-state index contributed by atoms with van der Waals surface area (Å²) in [5.74, 6) is -1.07. The normalized spacial score (nSPS) is 14.0. The van der Waals surface area contributed by atoms with Gasteiger partial charge in [-0.15, -0.1) is 0 Å². The van der Waals surface area contributed by atoms with Crippen LogP contribution in [-0.2, 0) is 14.6 Å². The van der Waals surface area contributed by atoms with E-state index < -0.39 is 26.6 Å². The maximum atomic E-state index is 12.2. The molecular formula is C14H22N2O4S. The van der Waals surface area contributed by atoms with Crippen LogP contribution in [-0.4, -0.2) is 35.3 Å². The van der Waals surface area contributed by atoms with E-state index in [2.05, 4.69) is 10.3 Å². The van der Waals surface area contributed by atoms with Crippen molar-refractivity contribution in [1.82, 2.24) is 4.98 Å². The van der Waals surface area contributed by atoms with Gasteiger partial charge in [0.05, 0.1) is 16.6 Å². The number of carbonyl (C=O) groups is 1. The largest absolute Gasteiger partial charge is 0.480 e. The lowest BCUT2D eigenvalue weighted by molar-refractivity contribution is -0.138. The van der Waals surface area contributed by atoms with E-state index in [-0.39, 0.29) is 10.9 Å². The van der Waals surface area contributed by atoms with Crippen molar-refractivity contribution in [3.63, 3.8) is 0 Å². The molecule has 0 fully saturated rings. The summed E-state index contributed by atoms with van der Waals surface area (Å²) < 4.78 is 23.5. The van der Waals surface area contributed by atoms with Crippen LogP contribution in [0.1, 0.15) is 34.6 Å². The maximum absolute atomic E-state index is 12.2. The number of aliphatic carboxylic acids is 1. The van der Waals surface area contributed by atoms with Crippen molar-refractivity contribution >= 4 is 21.5 Å². The molecule has 0 saturated heterocycles. The number of pyridine rings is 1. The summed E-state index contributed by atoms with van der Waals surface area (Å²) in [5, 5.41) is 11.9. The summed E-state index contributed by atoms with van der Waals surface area (Å²) >= 11 is 0. The van der Waals surface area contributed by atoms with Crippen LogP contribution in [0.3, 0.4) is 0 Å². The van der Waals surface area contributed by atoms with Gasteiger partial charge in [-0.2, -0.15) is 0 Å². The lowest BCUT2D eigenvalue weighted by Gasteiger charge is -2.20. The topological polar surface area (TPSA) is 96.4 Å². The minimum atomic E-state index is -3.51. The Kier molecular flexibility index (Phi) is 4.99. The van der Waals surface area contributed by atoms with Crippen molar-refractivity contribution in [3.8, 4) is 0 Å². The number of carboxylic acid groups (broad SMARTS) is 1. The molecule has 0 spiro atoms. The van der Waals surface area contributed by atoms with E-state index in [4.69, 9.17) is 5.11 Å². The average Bonchev–Trinajstić information content (AvgIpc) is 2.34. The van der Waals surface area contributed by atoms with Crippen LogP contribution in [0.25, 0.3) is 0 Å². The molecule has 0 aliphatic rings. The second-order valence-electron chi connectivity index (χ2n) is 6.21. The Labute approximate surface area is 125 Å². The molecule has 0 amide bonds. The molecule has 2 N–H and O–H groups in total. The standard InChI is InChI=1S/C14H22N2O4S/c1-9(2)12(13(17)18)16-10-6-7-11(15-8-10)21(19,20)14(3,4)5/h6-9,12,16H,1-5H3,(H,17,18)/t12-/m0/s1. The van der Waals surface area contributed by atoms with E-state index in [9.17, 15) is 13.2 Å². The molecule has 6 nitrogen and oxygen atoms in total. The van der Waals surface area contributed by atoms with Gasteiger partial charge in [-0.3, -0.25) is 0 Å². The third kappa shape index (κ3) is 3.93. The third-order valence-electron chi connectivity index (χ3n) is 3.07. The predicted molar refractivity (Wildman–Crippen MR) is 81.1 cm³/mol. The summed E-state index contributed by atoms with van der Waals surface area (Å²) in [4.78, 5) is 15.1. The van der Waals surface area contributed by atoms with Crippen molar-refractivity contribution < 1.29 is 18.3 Å². The summed E-state index contributed by atoms with van der Waals surface area (Å²) in [6, 6.07) is 2.17. The highest BCUT2D eigenvalue weighted by atomic mass is 32.2. The highest BCUT2D eigenvalue weighted by Crippen LogP contribution is 2.24. The zero-order valence-corrected chi connectivity index (χ0v) is 13.7. The number of rotatable bonds is 5. The average molecular weight is 314 g/mol. The number of hydrogen-bond acceptors (Lipinski definition) is 5. The van der Waals surface area contributed by atoms with E-state index in [1.165, 1.54) is 18.3 Å². The zero-order chi connectivity index (χ0) is 16.4. The van der Waals surface area contributed by atoms with Gasteiger partial charge in [0, 0.05) is 0 Å². The van der Waals surface area contributed by atoms with Crippen molar-refractivity contribution in [2.75, 3.05) is 5.32 Å². The van der Waals surface area contributed by atoms with Gasteiger partial charge in [0.25, 0.3) is 0 Å². The highest BCUT2D eigenvalue weighted by Gasteiger charge is 2.32. The van der Waals surface area contributed by atoms with Crippen LogP contribution in [0.5, 0.6) is 0 Å². The molecule has 21 heavy (non-hydrogen) atoms. The lowest BCUT2D eigenvalue weighted by atomic mass is 10.0. The molecule has 1 heterocycles.